The first-order valence-electron chi connectivity index (χ1n) is 14.1. The maximum Gasteiger partial charge on any atom is 0.306 e. The largest absolute Gasteiger partial charge is 0.462 e. The van der Waals surface area contributed by atoms with Gasteiger partial charge in [-0.05, 0) is 91.3 Å². The second-order valence-electron chi connectivity index (χ2n) is 13.1. The summed E-state index contributed by atoms with van der Waals surface area (Å²) >= 11 is 3.36. The fourth-order valence-corrected chi connectivity index (χ4v) is 9.40. The summed E-state index contributed by atoms with van der Waals surface area (Å²) in [7, 11) is 0. The number of alkyl halides is 1. The van der Waals surface area contributed by atoms with Crippen LogP contribution >= 0.6 is 15.9 Å². The molecule has 0 unspecified atom stereocenters. The molecular weight excluding hydrogens is 472 g/mol. The first kappa shape index (κ1) is 25.8. The van der Waals surface area contributed by atoms with Gasteiger partial charge in [0.25, 0.3) is 0 Å². The molecule has 0 saturated heterocycles. The normalized spacial score (nSPS) is 41.1. The van der Waals surface area contributed by atoms with Gasteiger partial charge in [0.15, 0.2) is 0 Å². The Labute approximate surface area is 212 Å². The zero-order valence-corrected chi connectivity index (χ0v) is 23.6. The van der Waals surface area contributed by atoms with Crippen molar-refractivity contribution >= 4 is 21.9 Å². The lowest BCUT2D eigenvalue weighted by molar-refractivity contribution is -0.151. The highest BCUT2D eigenvalue weighted by atomic mass is 79.9. The van der Waals surface area contributed by atoms with Gasteiger partial charge in [0.05, 0.1) is 6.42 Å². The molecular formula is C30H49BrO2. The van der Waals surface area contributed by atoms with Crippen LogP contribution in [0.4, 0.5) is 0 Å². The Morgan fingerprint density at radius 3 is 2.61 bits per heavy atom. The zero-order chi connectivity index (χ0) is 23.8. The van der Waals surface area contributed by atoms with Crippen LogP contribution in [0.25, 0.3) is 0 Å². The molecule has 188 valence electrons. The molecule has 3 fully saturated rings. The molecule has 0 N–H and O–H groups in total. The number of halogens is 1. The Balaban J connectivity index is 1.43. The summed E-state index contributed by atoms with van der Waals surface area (Å²) in [4.78, 5) is 12.1. The molecule has 0 aliphatic heterocycles. The van der Waals surface area contributed by atoms with Crippen molar-refractivity contribution in [1.29, 1.82) is 0 Å². The van der Waals surface area contributed by atoms with Crippen molar-refractivity contribution in [3.63, 3.8) is 0 Å². The minimum Gasteiger partial charge on any atom is -0.462 e. The Bertz CT molecular complexity index is 729. The average Bonchev–Trinajstić information content (AvgIpc) is 3.11. The monoisotopic (exact) mass is 520 g/mol. The van der Waals surface area contributed by atoms with Gasteiger partial charge in [0.1, 0.15) is 6.10 Å². The van der Waals surface area contributed by atoms with Gasteiger partial charge in [0, 0.05) is 11.8 Å². The summed E-state index contributed by atoms with van der Waals surface area (Å²) in [5, 5.41) is 0.695. The van der Waals surface area contributed by atoms with Crippen LogP contribution in [0.3, 0.4) is 0 Å². The molecule has 0 aromatic heterocycles. The van der Waals surface area contributed by atoms with E-state index in [0.717, 1.165) is 48.3 Å². The van der Waals surface area contributed by atoms with Crippen molar-refractivity contribution in [3.8, 4) is 0 Å². The second kappa shape index (κ2) is 10.4. The summed E-state index contributed by atoms with van der Waals surface area (Å²) in [6.45, 7) is 12.6. The van der Waals surface area contributed by atoms with E-state index in [2.05, 4.69) is 56.6 Å². The molecule has 3 heteroatoms. The number of rotatable bonds is 8. The second-order valence-corrected chi connectivity index (χ2v) is 13.9. The van der Waals surface area contributed by atoms with E-state index >= 15 is 0 Å². The molecule has 0 bridgehead atoms. The quantitative estimate of drug-likeness (QED) is 0.181. The van der Waals surface area contributed by atoms with Crippen molar-refractivity contribution in [3.05, 3.63) is 11.6 Å². The average molecular weight is 522 g/mol. The lowest BCUT2D eigenvalue weighted by Crippen LogP contribution is -2.51. The molecule has 0 aromatic rings. The van der Waals surface area contributed by atoms with Gasteiger partial charge < -0.3 is 4.74 Å². The molecule has 3 saturated carbocycles. The summed E-state index contributed by atoms with van der Waals surface area (Å²) in [6, 6.07) is 0. The molecule has 0 amide bonds. The molecule has 0 heterocycles. The number of hydrogen-bond donors (Lipinski definition) is 0. The van der Waals surface area contributed by atoms with Crippen molar-refractivity contribution < 1.29 is 9.53 Å². The zero-order valence-electron chi connectivity index (χ0n) is 22.0. The molecule has 2 nitrogen and oxygen atoms in total. The van der Waals surface area contributed by atoms with Crippen molar-refractivity contribution in [2.75, 3.05) is 5.33 Å². The number of carbonyl (C=O) groups is 1. The maximum atomic E-state index is 12.1. The van der Waals surface area contributed by atoms with Gasteiger partial charge in [-0.2, -0.15) is 0 Å². The Morgan fingerprint density at radius 2 is 1.88 bits per heavy atom. The van der Waals surface area contributed by atoms with Crippen LogP contribution in [-0.2, 0) is 9.53 Å². The van der Waals surface area contributed by atoms with Crippen LogP contribution in [0.2, 0.25) is 0 Å². The minimum absolute atomic E-state index is 0.0392. The van der Waals surface area contributed by atoms with Gasteiger partial charge in [0.2, 0.25) is 0 Å². The molecule has 0 radical (unpaired) electrons. The van der Waals surface area contributed by atoms with Gasteiger partial charge >= 0.3 is 5.97 Å². The fraction of sp³-hybridized carbons (Fsp3) is 0.900. The molecule has 0 spiro atoms. The Kier molecular flexibility index (Phi) is 8.09. The molecule has 8 atom stereocenters. The predicted octanol–water partition coefficient (Wildman–Crippen LogP) is 8.72. The SMILES string of the molecule is CC(C)CCC[C@H](C)[C@@H]1CC[C@@H]2[C@H]3CC=C4C[C@@H](OC(=O)CCBr)CC[C@]4(C)[C@@H]3CC[C@]21C. The number of carbonyl (C=O) groups excluding carboxylic acids is 1. The third kappa shape index (κ3) is 5.01. The highest BCUT2D eigenvalue weighted by Gasteiger charge is 2.59. The number of allylic oxidation sites excluding steroid dienone is 1. The van der Waals surface area contributed by atoms with Crippen LogP contribution in [0.1, 0.15) is 112 Å². The summed E-state index contributed by atoms with van der Waals surface area (Å²) in [6.07, 6.45) is 17.7. The number of fused-ring (bicyclic) bond motifs is 5. The topological polar surface area (TPSA) is 26.3 Å². The van der Waals surface area contributed by atoms with Crippen LogP contribution in [0.15, 0.2) is 11.6 Å². The van der Waals surface area contributed by atoms with E-state index in [9.17, 15) is 4.79 Å². The predicted molar refractivity (Wildman–Crippen MR) is 141 cm³/mol. The van der Waals surface area contributed by atoms with Crippen LogP contribution in [0, 0.1) is 46.3 Å². The third-order valence-corrected chi connectivity index (χ3v) is 11.3. The summed E-state index contributed by atoms with van der Waals surface area (Å²) in [5.74, 6) is 5.23. The number of esters is 1. The van der Waals surface area contributed by atoms with Crippen LogP contribution < -0.4 is 0 Å². The number of hydrogen-bond acceptors (Lipinski definition) is 2. The minimum atomic E-state index is -0.0392. The van der Waals surface area contributed by atoms with Gasteiger partial charge in [-0.25, -0.2) is 0 Å². The first-order chi connectivity index (χ1) is 15.7. The van der Waals surface area contributed by atoms with Gasteiger partial charge in [-0.1, -0.05) is 81.5 Å². The van der Waals surface area contributed by atoms with Crippen molar-refractivity contribution in [2.45, 2.75) is 118 Å². The van der Waals surface area contributed by atoms with Crippen LogP contribution in [0.5, 0.6) is 0 Å². The van der Waals surface area contributed by atoms with E-state index in [1.54, 1.807) is 5.57 Å². The van der Waals surface area contributed by atoms with E-state index in [0.29, 0.717) is 22.6 Å². The summed E-state index contributed by atoms with van der Waals surface area (Å²) < 4.78 is 5.82. The molecule has 4 aliphatic rings. The lowest BCUT2D eigenvalue weighted by Gasteiger charge is -2.58. The Hall–Kier alpha value is -0.310. The van der Waals surface area contributed by atoms with Gasteiger partial charge in [-0.15, -0.1) is 0 Å². The van der Waals surface area contributed by atoms with Crippen LogP contribution in [-0.4, -0.2) is 17.4 Å². The highest BCUT2D eigenvalue weighted by molar-refractivity contribution is 9.09. The molecule has 4 aliphatic carbocycles. The number of ether oxygens (including phenoxy) is 1. The highest BCUT2D eigenvalue weighted by Crippen LogP contribution is 2.67. The lowest BCUT2D eigenvalue weighted by atomic mass is 9.47. The van der Waals surface area contributed by atoms with Crippen molar-refractivity contribution in [2.24, 2.45) is 46.3 Å². The standard InChI is InChI=1S/C30H49BrO2/c1-20(2)7-6-8-21(3)25-11-12-26-24-10-9-22-19-23(33-28(32)15-18-31)13-16-29(22,4)27(24)14-17-30(25,26)5/h9,20-21,23-27H,6-8,10-19H2,1-5H3/t21-,23-,24+,25-,26+,27+,29-,30-/m0/s1. The smallest absolute Gasteiger partial charge is 0.306 e. The summed E-state index contributed by atoms with van der Waals surface area (Å²) in [5.41, 5.74) is 2.51. The fourth-order valence-electron chi connectivity index (χ4n) is 9.07. The van der Waals surface area contributed by atoms with E-state index in [1.807, 2.05) is 0 Å². The third-order valence-electron chi connectivity index (χ3n) is 10.9. The molecule has 33 heavy (non-hydrogen) atoms. The van der Waals surface area contributed by atoms with E-state index in [4.69, 9.17) is 4.74 Å². The van der Waals surface area contributed by atoms with E-state index in [-0.39, 0.29) is 12.1 Å². The molecule has 4 rings (SSSR count). The van der Waals surface area contributed by atoms with Crippen molar-refractivity contribution in [1.82, 2.24) is 0 Å². The van der Waals surface area contributed by atoms with E-state index in [1.165, 1.54) is 57.8 Å². The Morgan fingerprint density at radius 1 is 1.09 bits per heavy atom. The maximum absolute atomic E-state index is 12.1. The van der Waals surface area contributed by atoms with E-state index < -0.39 is 0 Å². The molecule has 0 aromatic carbocycles. The van der Waals surface area contributed by atoms with Gasteiger partial charge in [-0.3, -0.25) is 4.79 Å². The first-order valence-corrected chi connectivity index (χ1v) is 15.3.